The fraction of sp³-hybridized carbons (Fsp3) is 0.333. The van der Waals surface area contributed by atoms with Crippen molar-refractivity contribution in [2.45, 2.75) is 24.7 Å². The molecule has 1 nitrogen and oxygen atoms in total. The van der Waals surface area contributed by atoms with Gasteiger partial charge in [-0.05, 0) is 48.1 Å². The highest BCUT2D eigenvalue weighted by Gasteiger charge is 2.24. The van der Waals surface area contributed by atoms with Crippen LogP contribution in [-0.2, 0) is 11.8 Å². The highest BCUT2D eigenvalue weighted by Crippen LogP contribution is 2.35. The zero-order valence-electron chi connectivity index (χ0n) is 10.4. The average molecular weight is 322 g/mol. The molecule has 0 saturated carbocycles. The second kappa shape index (κ2) is 5.06. The Bertz CT molecular complexity index is 532. The molecule has 0 N–H and O–H groups in total. The first kappa shape index (κ1) is 12.2. The predicted molar refractivity (Wildman–Crippen MR) is 82.9 cm³/mol. The zero-order chi connectivity index (χ0) is 12.5. The first-order valence-corrected chi connectivity index (χ1v) is 8.27. The molecule has 1 unspecified atom stereocenters. The van der Waals surface area contributed by atoms with Crippen LogP contribution in [0.2, 0.25) is 0 Å². The van der Waals surface area contributed by atoms with Crippen LogP contribution < -0.4 is 4.90 Å². The Morgan fingerprint density at radius 2 is 2.06 bits per heavy atom. The van der Waals surface area contributed by atoms with Gasteiger partial charge in [0, 0.05) is 22.4 Å². The van der Waals surface area contributed by atoms with Gasteiger partial charge < -0.3 is 4.90 Å². The van der Waals surface area contributed by atoms with Crippen LogP contribution in [0, 0.1) is 0 Å². The summed E-state index contributed by atoms with van der Waals surface area (Å²) in [5, 5.41) is 3.15. The number of alkyl halides is 1. The predicted octanol–water partition coefficient (Wildman–Crippen LogP) is 4.77. The Hall–Kier alpha value is -0.800. The summed E-state index contributed by atoms with van der Waals surface area (Å²) >= 11 is 5.39. The Morgan fingerprint density at radius 3 is 2.78 bits per heavy atom. The molecule has 0 bridgehead atoms. The molecule has 1 aliphatic rings. The summed E-state index contributed by atoms with van der Waals surface area (Å²) in [7, 11) is 0. The van der Waals surface area contributed by atoms with Gasteiger partial charge in [0.1, 0.15) is 0 Å². The van der Waals surface area contributed by atoms with Crippen molar-refractivity contribution in [1.82, 2.24) is 0 Å². The van der Waals surface area contributed by atoms with E-state index in [1.807, 2.05) is 11.3 Å². The van der Waals surface area contributed by atoms with E-state index in [4.69, 9.17) is 0 Å². The van der Waals surface area contributed by atoms with Gasteiger partial charge in [-0.2, -0.15) is 0 Å². The molecule has 0 amide bonds. The summed E-state index contributed by atoms with van der Waals surface area (Å²) < 4.78 is 0. The van der Waals surface area contributed by atoms with Crippen molar-refractivity contribution in [2.24, 2.45) is 0 Å². The van der Waals surface area contributed by atoms with E-state index in [-0.39, 0.29) is 0 Å². The summed E-state index contributed by atoms with van der Waals surface area (Å²) in [6.45, 7) is 3.44. The SMILES string of the molecule is CC1c2ccsc2CCN1c1ccc(CBr)cc1. The van der Waals surface area contributed by atoms with E-state index in [2.05, 4.69) is 63.5 Å². The van der Waals surface area contributed by atoms with Gasteiger partial charge in [-0.25, -0.2) is 0 Å². The van der Waals surface area contributed by atoms with E-state index in [0.717, 1.165) is 11.9 Å². The molecule has 1 aliphatic heterocycles. The Kier molecular flexibility index (Phi) is 3.44. The van der Waals surface area contributed by atoms with E-state index in [1.165, 1.54) is 23.2 Å². The monoisotopic (exact) mass is 321 g/mol. The number of nitrogens with zero attached hydrogens (tertiary/aromatic N) is 1. The number of benzene rings is 1. The molecule has 0 radical (unpaired) electrons. The lowest BCUT2D eigenvalue weighted by Gasteiger charge is -2.35. The minimum atomic E-state index is 0.495. The fourth-order valence-electron chi connectivity index (χ4n) is 2.64. The Labute approximate surface area is 121 Å². The number of anilines is 1. The maximum absolute atomic E-state index is 3.49. The van der Waals surface area contributed by atoms with E-state index >= 15 is 0 Å². The lowest BCUT2D eigenvalue weighted by molar-refractivity contribution is 0.633. The number of halogens is 1. The lowest BCUT2D eigenvalue weighted by atomic mass is 10.0. The third kappa shape index (κ3) is 2.10. The summed E-state index contributed by atoms with van der Waals surface area (Å²) in [4.78, 5) is 4.07. The number of fused-ring (bicyclic) bond motifs is 1. The second-order valence-corrected chi connectivity index (χ2v) is 6.28. The van der Waals surface area contributed by atoms with Gasteiger partial charge in [0.15, 0.2) is 0 Å². The first-order chi connectivity index (χ1) is 8.79. The van der Waals surface area contributed by atoms with Crippen LogP contribution in [0.4, 0.5) is 5.69 Å². The highest BCUT2D eigenvalue weighted by molar-refractivity contribution is 9.08. The standard InChI is InChI=1S/C15H16BrNS/c1-11-14-7-9-18-15(14)6-8-17(11)13-4-2-12(10-16)3-5-13/h2-5,7,9,11H,6,8,10H2,1H3. The molecular weight excluding hydrogens is 306 g/mol. The molecule has 0 fully saturated rings. The van der Waals surface area contributed by atoms with Crippen molar-refractivity contribution < 1.29 is 0 Å². The Morgan fingerprint density at radius 1 is 1.28 bits per heavy atom. The van der Waals surface area contributed by atoms with Crippen molar-refractivity contribution in [3.8, 4) is 0 Å². The van der Waals surface area contributed by atoms with Crippen molar-refractivity contribution in [1.29, 1.82) is 0 Å². The van der Waals surface area contributed by atoms with E-state index < -0.39 is 0 Å². The van der Waals surface area contributed by atoms with Crippen LogP contribution in [-0.4, -0.2) is 6.54 Å². The molecule has 2 heterocycles. The van der Waals surface area contributed by atoms with Gasteiger partial charge in [-0.15, -0.1) is 11.3 Å². The summed E-state index contributed by atoms with van der Waals surface area (Å²) in [5.41, 5.74) is 4.18. The van der Waals surface area contributed by atoms with Gasteiger partial charge in [0.25, 0.3) is 0 Å². The van der Waals surface area contributed by atoms with Crippen LogP contribution in [0.25, 0.3) is 0 Å². The van der Waals surface area contributed by atoms with Crippen molar-refractivity contribution in [2.75, 3.05) is 11.4 Å². The normalized spacial score (nSPS) is 18.8. The molecule has 94 valence electrons. The average Bonchev–Trinajstić information content (AvgIpc) is 2.89. The number of rotatable bonds is 2. The van der Waals surface area contributed by atoms with E-state index in [0.29, 0.717) is 6.04 Å². The molecule has 2 aromatic rings. The van der Waals surface area contributed by atoms with Gasteiger partial charge in [-0.3, -0.25) is 0 Å². The van der Waals surface area contributed by atoms with Gasteiger partial charge in [0.2, 0.25) is 0 Å². The van der Waals surface area contributed by atoms with Crippen LogP contribution in [0.15, 0.2) is 35.7 Å². The van der Waals surface area contributed by atoms with Crippen LogP contribution >= 0.6 is 27.3 Å². The van der Waals surface area contributed by atoms with Crippen molar-refractivity contribution in [3.63, 3.8) is 0 Å². The summed E-state index contributed by atoms with van der Waals surface area (Å²) in [6, 6.07) is 11.7. The number of hydrogen-bond acceptors (Lipinski definition) is 2. The van der Waals surface area contributed by atoms with Crippen LogP contribution in [0.1, 0.15) is 29.0 Å². The number of hydrogen-bond donors (Lipinski definition) is 0. The molecule has 1 aromatic heterocycles. The zero-order valence-corrected chi connectivity index (χ0v) is 12.8. The van der Waals surface area contributed by atoms with E-state index in [1.54, 1.807) is 4.88 Å². The second-order valence-electron chi connectivity index (χ2n) is 4.72. The maximum atomic E-state index is 3.49. The molecule has 0 spiro atoms. The maximum Gasteiger partial charge on any atom is 0.0525 e. The van der Waals surface area contributed by atoms with Gasteiger partial charge in [-0.1, -0.05) is 28.1 Å². The molecule has 18 heavy (non-hydrogen) atoms. The van der Waals surface area contributed by atoms with E-state index in [9.17, 15) is 0 Å². The molecular formula is C15H16BrNS. The third-order valence-electron chi connectivity index (χ3n) is 3.70. The van der Waals surface area contributed by atoms with Gasteiger partial charge >= 0.3 is 0 Å². The molecule has 3 heteroatoms. The molecule has 0 aliphatic carbocycles. The van der Waals surface area contributed by atoms with Crippen LogP contribution in [0.5, 0.6) is 0 Å². The van der Waals surface area contributed by atoms with Crippen LogP contribution in [0.3, 0.4) is 0 Å². The third-order valence-corrected chi connectivity index (χ3v) is 5.34. The molecule has 3 rings (SSSR count). The molecule has 1 aromatic carbocycles. The Balaban J connectivity index is 1.89. The quantitative estimate of drug-likeness (QED) is 0.720. The largest absolute Gasteiger partial charge is 0.364 e. The number of thiophene rings is 1. The topological polar surface area (TPSA) is 3.24 Å². The lowest BCUT2D eigenvalue weighted by Crippen LogP contribution is -2.32. The minimum Gasteiger partial charge on any atom is -0.364 e. The first-order valence-electron chi connectivity index (χ1n) is 6.27. The summed E-state index contributed by atoms with van der Waals surface area (Å²) in [6.07, 6.45) is 1.18. The molecule has 0 saturated heterocycles. The van der Waals surface area contributed by atoms with Crippen molar-refractivity contribution >= 4 is 33.0 Å². The van der Waals surface area contributed by atoms with Crippen molar-refractivity contribution in [3.05, 3.63) is 51.7 Å². The van der Waals surface area contributed by atoms with Gasteiger partial charge in [0.05, 0.1) is 6.04 Å². The fourth-order valence-corrected chi connectivity index (χ4v) is 3.98. The summed E-state index contributed by atoms with van der Waals surface area (Å²) in [5.74, 6) is 0. The highest BCUT2D eigenvalue weighted by atomic mass is 79.9. The minimum absolute atomic E-state index is 0.495. The molecule has 1 atom stereocenters. The smallest absolute Gasteiger partial charge is 0.0525 e.